The normalized spacial score (nSPS) is 14.2. The first kappa shape index (κ1) is 18.6. The van der Waals surface area contributed by atoms with Crippen LogP contribution in [0.1, 0.15) is 32.8 Å². The topological polar surface area (TPSA) is 46.2 Å². The van der Waals surface area contributed by atoms with Gasteiger partial charge in [-0.3, -0.25) is 0 Å². The molecule has 1 unspecified atom stereocenters. The zero-order valence-corrected chi connectivity index (χ0v) is 15.3. The Balaban J connectivity index is 3.09. The summed E-state index contributed by atoms with van der Waals surface area (Å²) in [7, 11) is -3.22. The molecule has 0 aromatic heterocycles. The molecular weight excluding hydrogens is 357 g/mol. The van der Waals surface area contributed by atoms with Crippen molar-refractivity contribution in [2.24, 2.45) is 0 Å². The standard InChI is InChI=1S/C15H23BrFNO2S/c1-5-8-18-14(15(2,3)21(4,19)20)9-11-6-7-12(17)10-13(11)16/h6-7,10,14,18H,5,8-9H2,1-4H3. The van der Waals surface area contributed by atoms with Gasteiger partial charge < -0.3 is 5.32 Å². The Bertz CT molecular complexity index is 587. The summed E-state index contributed by atoms with van der Waals surface area (Å²) in [6.45, 7) is 6.23. The van der Waals surface area contributed by atoms with Crippen molar-refractivity contribution in [2.45, 2.75) is 44.4 Å². The fourth-order valence-corrected chi connectivity index (χ4v) is 3.24. The Hall–Kier alpha value is -0.460. The zero-order valence-electron chi connectivity index (χ0n) is 12.9. The van der Waals surface area contributed by atoms with E-state index in [1.54, 1.807) is 19.9 Å². The van der Waals surface area contributed by atoms with Gasteiger partial charge in [-0.15, -0.1) is 0 Å². The maximum Gasteiger partial charge on any atom is 0.154 e. The highest BCUT2D eigenvalue weighted by molar-refractivity contribution is 9.10. The zero-order chi connectivity index (χ0) is 16.3. The number of hydrogen-bond donors (Lipinski definition) is 1. The third kappa shape index (κ3) is 4.76. The molecule has 0 amide bonds. The van der Waals surface area contributed by atoms with Gasteiger partial charge in [-0.1, -0.05) is 28.9 Å². The van der Waals surface area contributed by atoms with Crippen molar-refractivity contribution < 1.29 is 12.8 Å². The maximum absolute atomic E-state index is 13.2. The maximum atomic E-state index is 13.2. The summed E-state index contributed by atoms with van der Waals surface area (Å²) in [4.78, 5) is 0. The van der Waals surface area contributed by atoms with E-state index in [1.807, 2.05) is 6.92 Å². The van der Waals surface area contributed by atoms with Crippen LogP contribution >= 0.6 is 15.9 Å². The van der Waals surface area contributed by atoms with E-state index in [9.17, 15) is 12.8 Å². The number of halogens is 2. The van der Waals surface area contributed by atoms with Gasteiger partial charge in [0.1, 0.15) is 5.82 Å². The lowest BCUT2D eigenvalue weighted by atomic mass is 9.95. The number of sulfone groups is 1. The van der Waals surface area contributed by atoms with Gasteiger partial charge in [-0.2, -0.15) is 0 Å². The highest BCUT2D eigenvalue weighted by Gasteiger charge is 2.38. The van der Waals surface area contributed by atoms with Crippen LogP contribution in [-0.2, 0) is 16.3 Å². The molecule has 0 spiro atoms. The van der Waals surface area contributed by atoms with Crippen molar-refractivity contribution in [3.63, 3.8) is 0 Å². The minimum atomic E-state index is -3.22. The molecule has 0 saturated carbocycles. The Labute approximate surface area is 135 Å². The summed E-state index contributed by atoms with van der Waals surface area (Å²) in [5.74, 6) is -0.314. The summed E-state index contributed by atoms with van der Waals surface area (Å²) >= 11 is 3.34. The smallest absolute Gasteiger partial charge is 0.154 e. The van der Waals surface area contributed by atoms with Gasteiger partial charge in [-0.25, -0.2) is 12.8 Å². The van der Waals surface area contributed by atoms with Gasteiger partial charge in [0.05, 0.1) is 4.75 Å². The van der Waals surface area contributed by atoms with Crippen LogP contribution in [0.2, 0.25) is 0 Å². The molecule has 0 saturated heterocycles. The van der Waals surface area contributed by atoms with Crippen molar-refractivity contribution in [1.29, 1.82) is 0 Å². The van der Waals surface area contributed by atoms with E-state index in [-0.39, 0.29) is 11.9 Å². The van der Waals surface area contributed by atoms with E-state index in [1.165, 1.54) is 18.4 Å². The highest BCUT2D eigenvalue weighted by Crippen LogP contribution is 2.26. The molecule has 0 aliphatic rings. The highest BCUT2D eigenvalue weighted by atomic mass is 79.9. The molecule has 1 rings (SSSR count). The average molecular weight is 380 g/mol. The minimum absolute atomic E-state index is 0.241. The van der Waals surface area contributed by atoms with E-state index in [0.29, 0.717) is 10.9 Å². The molecule has 21 heavy (non-hydrogen) atoms. The second-order valence-corrected chi connectivity index (χ2v) is 9.27. The fourth-order valence-electron chi connectivity index (χ4n) is 2.05. The molecule has 0 heterocycles. The van der Waals surface area contributed by atoms with Crippen LogP contribution in [-0.4, -0.2) is 32.0 Å². The van der Waals surface area contributed by atoms with Crippen LogP contribution in [0.5, 0.6) is 0 Å². The van der Waals surface area contributed by atoms with Crippen molar-refractivity contribution in [1.82, 2.24) is 5.32 Å². The Morgan fingerprint density at radius 1 is 1.38 bits per heavy atom. The number of hydrogen-bond acceptors (Lipinski definition) is 3. The van der Waals surface area contributed by atoms with Gasteiger partial charge in [0, 0.05) is 16.8 Å². The first-order chi connectivity index (χ1) is 9.59. The molecule has 120 valence electrons. The average Bonchev–Trinajstić information content (AvgIpc) is 2.35. The van der Waals surface area contributed by atoms with Crippen LogP contribution in [0.15, 0.2) is 22.7 Å². The minimum Gasteiger partial charge on any atom is -0.312 e. The Morgan fingerprint density at radius 3 is 2.48 bits per heavy atom. The van der Waals surface area contributed by atoms with E-state index in [4.69, 9.17) is 0 Å². The first-order valence-corrected chi connectivity index (χ1v) is 9.65. The molecule has 1 aromatic carbocycles. The van der Waals surface area contributed by atoms with E-state index < -0.39 is 14.6 Å². The second-order valence-electron chi connectivity index (χ2n) is 5.82. The Kier molecular flexibility index (Phi) is 6.37. The monoisotopic (exact) mass is 379 g/mol. The first-order valence-electron chi connectivity index (χ1n) is 6.96. The second kappa shape index (κ2) is 7.20. The van der Waals surface area contributed by atoms with Crippen molar-refractivity contribution in [2.75, 3.05) is 12.8 Å². The van der Waals surface area contributed by atoms with Crippen molar-refractivity contribution in [3.8, 4) is 0 Å². The molecular formula is C15H23BrFNO2S. The SMILES string of the molecule is CCCNC(Cc1ccc(F)cc1Br)C(C)(C)S(C)(=O)=O. The van der Waals surface area contributed by atoms with E-state index in [2.05, 4.69) is 21.2 Å². The predicted molar refractivity (Wildman–Crippen MR) is 88.8 cm³/mol. The van der Waals surface area contributed by atoms with Crippen LogP contribution in [0, 0.1) is 5.82 Å². The van der Waals surface area contributed by atoms with Crippen LogP contribution in [0.25, 0.3) is 0 Å². The summed E-state index contributed by atoms with van der Waals surface area (Å²) in [5, 5.41) is 3.31. The summed E-state index contributed by atoms with van der Waals surface area (Å²) in [5.41, 5.74) is 0.890. The Morgan fingerprint density at radius 2 is 2.00 bits per heavy atom. The third-order valence-corrected chi connectivity index (χ3v) is 6.81. The van der Waals surface area contributed by atoms with Crippen molar-refractivity contribution >= 4 is 25.8 Å². The molecule has 1 aromatic rings. The lowest BCUT2D eigenvalue weighted by Crippen LogP contribution is -2.52. The third-order valence-electron chi connectivity index (χ3n) is 3.87. The molecule has 0 bridgehead atoms. The lowest BCUT2D eigenvalue weighted by Gasteiger charge is -2.34. The molecule has 6 heteroatoms. The summed E-state index contributed by atoms with van der Waals surface area (Å²) in [6.07, 6.45) is 2.69. The number of rotatable bonds is 7. The van der Waals surface area contributed by atoms with E-state index >= 15 is 0 Å². The molecule has 3 nitrogen and oxygen atoms in total. The van der Waals surface area contributed by atoms with Gasteiger partial charge >= 0.3 is 0 Å². The summed E-state index contributed by atoms with van der Waals surface area (Å²) < 4.78 is 37.1. The molecule has 1 N–H and O–H groups in total. The van der Waals surface area contributed by atoms with Gasteiger partial charge in [0.25, 0.3) is 0 Å². The van der Waals surface area contributed by atoms with Gasteiger partial charge in [-0.05, 0) is 50.9 Å². The predicted octanol–water partition coefficient (Wildman–Crippen LogP) is 3.32. The van der Waals surface area contributed by atoms with Crippen LogP contribution in [0.3, 0.4) is 0 Å². The quantitative estimate of drug-likeness (QED) is 0.790. The van der Waals surface area contributed by atoms with E-state index in [0.717, 1.165) is 18.5 Å². The molecule has 0 fully saturated rings. The fraction of sp³-hybridized carbons (Fsp3) is 0.600. The molecule has 0 aliphatic heterocycles. The van der Waals surface area contributed by atoms with Crippen LogP contribution in [0.4, 0.5) is 4.39 Å². The molecule has 1 atom stereocenters. The summed E-state index contributed by atoms with van der Waals surface area (Å²) in [6, 6.07) is 4.25. The van der Waals surface area contributed by atoms with Crippen LogP contribution < -0.4 is 5.32 Å². The largest absolute Gasteiger partial charge is 0.312 e. The molecule has 0 radical (unpaired) electrons. The van der Waals surface area contributed by atoms with Crippen molar-refractivity contribution in [3.05, 3.63) is 34.1 Å². The number of nitrogens with one attached hydrogen (secondary N) is 1. The van der Waals surface area contributed by atoms with Gasteiger partial charge in [0.15, 0.2) is 9.84 Å². The molecule has 0 aliphatic carbocycles. The number of benzene rings is 1. The van der Waals surface area contributed by atoms with Gasteiger partial charge in [0.2, 0.25) is 0 Å². The lowest BCUT2D eigenvalue weighted by molar-refractivity contribution is 0.405.